The van der Waals surface area contributed by atoms with Gasteiger partial charge in [-0.3, -0.25) is 4.40 Å². The normalized spacial score (nSPS) is 10.8. The van der Waals surface area contributed by atoms with Crippen LogP contribution in [0.25, 0.3) is 16.8 Å². The lowest BCUT2D eigenvalue weighted by Gasteiger charge is -2.13. The molecule has 2 aromatic heterocycles. The van der Waals surface area contributed by atoms with E-state index in [1.165, 1.54) is 6.07 Å². The summed E-state index contributed by atoms with van der Waals surface area (Å²) in [7, 11) is 1.65. The van der Waals surface area contributed by atoms with E-state index in [0.717, 1.165) is 17.1 Å². The van der Waals surface area contributed by atoms with E-state index >= 15 is 0 Å². The number of hydrogen-bond donors (Lipinski definition) is 1. The first-order valence-electron chi connectivity index (χ1n) is 8.21. The first-order chi connectivity index (χ1) is 12.8. The van der Waals surface area contributed by atoms with Crippen molar-refractivity contribution in [2.45, 2.75) is 6.54 Å². The highest BCUT2D eigenvalue weighted by Gasteiger charge is 2.13. The number of nitrogens with zero attached hydrogens (tertiary/aromatic N) is 3. The summed E-state index contributed by atoms with van der Waals surface area (Å²) in [5, 5.41) is 11.5. The van der Waals surface area contributed by atoms with Crippen LogP contribution in [0.5, 0.6) is 5.75 Å². The predicted octanol–water partition coefficient (Wildman–Crippen LogP) is 4.16. The Balaban J connectivity index is 1.69. The van der Waals surface area contributed by atoms with E-state index in [1.54, 1.807) is 31.6 Å². The lowest BCUT2D eigenvalue weighted by atomic mass is 10.1. The van der Waals surface area contributed by atoms with Crippen LogP contribution in [-0.4, -0.2) is 21.7 Å². The Morgan fingerprint density at radius 1 is 1.00 bits per heavy atom. The minimum Gasteiger partial charge on any atom is -0.496 e. The topological polar surface area (TPSA) is 51.5 Å². The zero-order valence-corrected chi connectivity index (χ0v) is 14.2. The quantitative estimate of drug-likeness (QED) is 0.588. The summed E-state index contributed by atoms with van der Waals surface area (Å²) in [4.78, 5) is 0. The number of pyridine rings is 1. The lowest BCUT2D eigenvalue weighted by molar-refractivity contribution is 0.410. The van der Waals surface area contributed by atoms with Crippen LogP contribution in [0.4, 0.5) is 10.2 Å². The third-order valence-electron chi connectivity index (χ3n) is 4.27. The molecule has 0 aliphatic heterocycles. The van der Waals surface area contributed by atoms with Gasteiger partial charge in [0.1, 0.15) is 23.7 Å². The molecule has 0 saturated heterocycles. The molecular formula is C20H17FN4O. The van der Waals surface area contributed by atoms with Crippen LogP contribution in [-0.2, 0) is 6.54 Å². The number of nitrogens with one attached hydrogen (secondary N) is 1. The predicted molar refractivity (Wildman–Crippen MR) is 98.7 cm³/mol. The zero-order chi connectivity index (χ0) is 17.9. The summed E-state index contributed by atoms with van der Waals surface area (Å²) < 4.78 is 21.4. The number of halogens is 1. The lowest BCUT2D eigenvalue weighted by Crippen LogP contribution is -2.05. The number of aromatic nitrogens is 3. The van der Waals surface area contributed by atoms with E-state index in [4.69, 9.17) is 4.74 Å². The van der Waals surface area contributed by atoms with Crippen LogP contribution in [0.15, 0.2) is 67.0 Å². The Kier molecular flexibility index (Phi) is 4.23. The van der Waals surface area contributed by atoms with Crippen molar-refractivity contribution in [1.82, 2.24) is 14.6 Å². The van der Waals surface area contributed by atoms with Crippen molar-refractivity contribution in [3.05, 3.63) is 78.4 Å². The third-order valence-corrected chi connectivity index (χ3v) is 4.27. The van der Waals surface area contributed by atoms with Gasteiger partial charge in [0.05, 0.1) is 7.11 Å². The van der Waals surface area contributed by atoms with E-state index in [0.29, 0.717) is 23.3 Å². The Labute approximate surface area is 150 Å². The molecular weight excluding hydrogens is 331 g/mol. The minimum absolute atomic E-state index is 0.285. The molecule has 26 heavy (non-hydrogen) atoms. The molecule has 0 bridgehead atoms. The van der Waals surface area contributed by atoms with Crippen molar-refractivity contribution in [3.63, 3.8) is 0 Å². The van der Waals surface area contributed by atoms with Crippen LogP contribution in [0.2, 0.25) is 0 Å². The molecule has 0 fully saturated rings. The maximum atomic E-state index is 14.2. The van der Waals surface area contributed by atoms with E-state index in [2.05, 4.69) is 15.5 Å². The monoisotopic (exact) mass is 348 g/mol. The van der Waals surface area contributed by atoms with Gasteiger partial charge < -0.3 is 10.1 Å². The van der Waals surface area contributed by atoms with E-state index in [-0.39, 0.29) is 5.82 Å². The van der Waals surface area contributed by atoms with Crippen LogP contribution in [0, 0.1) is 5.82 Å². The van der Waals surface area contributed by atoms with Gasteiger partial charge in [-0.15, -0.1) is 10.2 Å². The molecule has 0 atom stereocenters. The SMILES string of the molecule is COc1ccccc1CNc1ccc(-c2ccccc2F)c2nncn12. The molecule has 5 nitrogen and oxygen atoms in total. The minimum atomic E-state index is -0.285. The van der Waals surface area contributed by atoms with Crippen LogP contribution >= 0.6 is 0 Å². The van der Waals surface area contributed by atoms with Crippen molar-refractivity contribution in [1.29, 1.82) is 0 Å². The summed E-state index contributed by atoms with van der Waals surface area (Å²) >= 11 is 0. The number of fused-ring (bicyclic) bond motifs is 1. The second kappa shape index (κ2) is 6.84. The molecule has 2 heterocycles. The highest BCUT2D eigenvalue weighted by atomic mass is 19.1. The Hall–Kier alpha value is -3.41. The first-order valence-corrected chi connectivity index (χ1v) is 8.21. The van der Waals surface area contributed by atoms with Crippen molar-refractivity contribution >= 4 is 11.5 Å². The second-order valence-electron chi connectivity index (χ2n) is 5.80. The number of hydrogen-bond acceptors (Lipinski definition) is 4. The van der Waals surface area contributed by atoms with E-state index in [9.17, 15) is 4.39 Å². The standard InChI is InChI=1S/C20H17FN4O/c1-26-18-9-5-2-6-14(18)12-22-19-11-10-16(20-24-23-13-25(19)20)15-7-3-4-8-17(15)21/h2-11,13,22H,12H2,1H3. The fourth-order valence-electron chi connectivity index (χ4n) is 2.98. The van der Waals surface area contributed by atoms with Crippen LogP contribution < -0.4 is 10.1 Å². The average molecular weight is 348 g/mol. The Bertz CT molecular complexity index is 1060. The molecule has 0 unspecified atom stereocenters. The van der Waals surface area contributed by atoms with Gasteiger partial charge in [0.15, 0.2) is 5.65 Å². The molecule has 1 N–H and O–H groups in total. The van der Waals surface area contributed by atoms with Gasteiger partial charge in [0, 0.05) is 23.2 Å². The number of para-hydroxylation sites is 1. The maximum absolute atomic E-state index is 14.2. The third kappa shape index (κ3) is 2.86. The first kappa shape index (κ1) is 16.1. The molecule has 0 radical (unpaired) electrons. The van der Waals surface area contributed by atoms with Gasteiger partial charge in [0.2, 0.25) is 0 Å². The Morgan fingerprint density at radius 3 is 2.65 bits per heavy atom. The summed E-state index contributed by atoms with van der Waals surface area (Å²) in [5.74, 6) is 1.35. The summed E-state index contributed by atoms with van der Waals surface area (Å²) in [5.41, 5.74) is 2.83. The van der Waals surface area contributed by atoms with Crippen molar-refractivity contribution in [2.24, 2.45) is 0 Å². The van der Waals surface area contributed by atoms with Crippen molar-refractivity contribution in [3.8, 4) is 16.9 Å². The molecule has 6 heteroatoms. The largest absolute Gasteiger partial charge is 0.496 e. The number of methoxy groups -OCH3 is 1. The molecule has 0 aliphatic rings. The van der Waals surface area contributed by atoms with Gasteiger partial charge in [-0.1, -0.05) is 36.4 Å². The molecule has 0 aliphatic carbocycles. The average Bonchev–Trinajstić information content (AvgIpc) is 3.17. The molecule has 0 spiro atoms. The molecule has 0 saturated carbocycles. The second-order valence-corrected chi connectivity index (χ2v) is 5.80. The van der Waals surface area contributed by atoms with Crippen molar-refractivity contribution in [2.75, 3.05) is 12.4 Å². The Morgan fingerprint density at radius 2 is 1.81 bits per heavy atom. The van der Waals surface area contributed by atoms with Gasteiger partial charge in [-0.05, 0) is 24.3 Å². The van der Waals surface area contributed by atoms with Gasteiger partial charge in [0.25, 0.3) is 0 Å². The smallest absolute Gasteiger partial charge is 0.170 e. The number of rotatable bonds is 5. The molecule has 4 rings (SSSR count). The molecule has 2 aromatic carbocycles. The summed E-state index contributed by atoms with van der Waals surface area (Å²) in [6.07, 6.45) is 1.62. The molecule has 4 aromatic rings. The highest BCUT2D eigenvalue weighted by Crippen LogP contribution is 2.28. The highest BCUT2D eigenvalue weighted by molar-refractivity contribution is 5.79. The number of benzene rings is 2. The van der Waals surface area contributed by atoms with Crippen molar-refractivity contribution < 1.29 is 9.13 Å². The number of ether oxygens (including phenoxy) is 1. The van der Waals surface area contributed by atoms with Crippen LogP contribution in [0.1, 0.15) is 5.56 Å². The zero-order valence-electron chi connectivity index (χ0n) is 14.2. The maximum Gasteiger partial charge on any atom is 0.170 e. The fraction of sp³-hybridized carbons (Fsp3) is 0.100. The van der Waals surface area contributed by atoms with E-state index < -0.39 is 0 Å². The molecule has 0 amide bonds. The van der Waals surface area contributed by atoms with E-state index in [1.807, 2.05) is 40.8 Å². The van der Waals surface area contributed by atoms with Gasteiger partial charge in [-0.2, -0.15) is 0 Å². The fourth-order valence-corrected chi connectivity index (χ4v) is 2.98. The van der Waals surface area contributed by atoms with Gasteiger partial charge >= 0.3 is 0 Å². The number of anilines is 1. The summed E-state index contributed by atoms with van der Waals surface area (Å²) in [6, 6.07) is 18.2. The molecule has 130 valence electrons. The van der Waals surface area contributed by atoms with Gasteiger partial charge in [-0.25, -0.2) is 4.39 Å². The van der Waals surface area contributed by atoms with Crippen LogP contribution in [0.3, 0.4) is 0 Å². The summed E-state index contributed by atoms with van der Waals surface area (Å²) in [6.45, 7) is 0.580.